The summed E-state index contributed by atoms with van der Waals surface area (Å²) < 4.78 is 44.0. The molecule has 0 aliphatic heterocycles. The Labute approximate surface area is 208 Å². The van der Waals surface area contributed by atoms with Gasteiger partial charge in [0.05, 0.1) is 19.8 Å². The minimum absolute atomic E-state index is 0.0180. The van der Waals surface area contributed by atoms with E-state index in [1.165, 1.54) is 12.5 Å². The van der Waals surface area contributed by atoms with Crippen molar-refractivity contribution in [1.29, 1.82) is 0 Å². The molecule has 1 aromatic heterocycles. The summed E-state index contributed by atoms with van der Waals surface area (Å²) >= 11 is 0. The maximum Gasteiger partial charge on any atom is 0.387 e. The summed E-state index contributed by atoms with van der Waals surface area (Å²) in [5.41, 5.74) is 1.62. The first-order valence-corrected chi connectivity index (χ1v) is 12.5. The van der Waals surface area contributed by atoms with Gasteiger partial charge >= 0.3 is 6.61 Å². The molecule has 0 spiro atoms. The van der Waals surface area contributed by atoms with E-state index in [0.717, 1.165) is 55.5 Å². The number of methoxy groups -OCH3 is 1. The zero-order valence-corrected chi connectivity index (χ0v) is 20.3. The van der Waals surface area contributed by atoms with Gasteiger partial charge in [0.2, 0.25) is 0 Å². The molecule has 1 unspecified atom stereocenters. The van der Waals surface area contributed by atoms with Gasteiger partial charge in [0.15, 0.2) is 17.3 Å². The molecular weight excluding hydrogens is 468 g/mol. The number of hydrogen-bond acceptors (Lipinski definition) is 7. The van der Waals surface area contributed by atoms with E-state index in [4.69, 9.17) is 14.2 Å². The number of benzene rings is 2. The minimum atomic E-state index is -2.94. The van der Waals surface area contributed by atoms with E-state index in [2.05, 4.69) is 20.8 Å². The monoisotopic (exact) mass is 499 g/mol. The third-order valence-electron chi connectivity index (χ3n) is 6.79. The van der Waals surface area contributed by atoms with Gasteiger partial charge in [-0.05, 0) is 84.0 Å². The van der Waals surface area contributed by atoms with Gasteiger partial charge < -0.3 is 19.5 Å². The molecule has 0 radical (unpaired) electrons. The van der Waals surface area contributed by atoms with Crippen molar-refractivity contribution >= 4 is 5.69 Å². The summed E-state index contributed by atoms with van der Waals surface area (Å²) in [5, 5.41) is 16.3. The van der Waals surface area contributed by atoms with E-state index in [1.54, 1.807) is 19.2 Å². The van der Waals surface area contributed by atoms with Crippen molar-refractivity contribution in [3.63, 3.8) is 0 Å². The molecule has 2 aliphatic carbocycles. The van der Waals surface area contributed by atoms with Crippen LogP contribution in [-0.2, 0) is 0 Å². The Hall–Kier alpha value is -3.43. The number of halogens is 2. The van der Waals surface area contributed by atoms with E-state index in [-0.39, 0.29) is 17.5 Å². The van der Waals surface area contributed by atoms with E-state index in [0.29, 0.717) is 18.3 Å². The molecule has 36 heavy (non-hydrogen) atoms. The fourth-order valence-corrected chi connectivity index (χ4v) is 4.63. The van der Waals surface area contributed by atoms with Crippen LogP contribution in [0.1, 0.15) is 68.4 Å². The van der Waals surface area contributed by atoms with Crippen LogP contribution in [0.4, 0.5) is 14.5 Å². The van der Waals surface area contributed by atoms with Gasteiger partial charge in [-0.15, -0.1) is 5.10 Å². The normalized spacial score (nSPS) is 17.1. The Bertz CT molecular complexity index is 1130. The lowest BCUT2D eigenvalue weighted by Crippen LogP contribution is -2.23. The molecule has 3 aromatic rings. The zero-order chi connectivity index (χ0) is 24.9. The molecule has 1 N–H and O–H groups in total. The molecule has 2 saturated carbocycles. The number of nitrogens with zero attached hydrogens (tertiary/aromatic N) is 4. The van der Waals surface area contributed by atoms with Crippen LogP contribution in [0.15, 0.2) is 42.5 Å². The first kappa shape index (κ1) is 24.3. The molecule has 2 aromatic carbocycles. The number of rotatable bonds is 11. The lowest BCUT2D eigenvalue weighted by atomic mass is 9.95. The molecular formula is C26H31F2N5O3. The highest BCUT2D eigenvalue weighted by atomic mass is 19.3. The lowest BCUT2D eigenvalue weighted by molar-refractivity contribution is -0.0515. The van der Waals surface area contributed by atoms with Crippen molar-refractivity contribution in [2.45, 2.75) is 63.6 Å². The number of ether oxygens (including phenoxy) is 3. The predicted molar refractivity (Wildman–Crippen MR) is 130 cm³/mol. The van der Waals surface area contributed by atoms with Crippen molar-refractivity contribution < 1.29 is 23.0 Å². The molecule has 2 aliphatic rings. The lowest BCUT2D eigenvalue weighted by Gasteiger charge is -2.26. The van der Waals surface area contributed by atoms with Crippen molar-refractivity contribution in [3.05, 3.63) is 53.9 Å². The van der Waals surface area contributed by atoms with Crippen LogP contribution in [0.2, 0.25) is 0 Å². The van der Waals surface area contributed by atoms with Gasteiger partial charge in [-0.2, -0.15) is 8.78 Å². The number of aromatic nitrogens is 4. The Morgan fingerprint density at radius 3 is 2.47 bits per heavy atom. The fraction of sp³-hybridized carbons (Fsp3) is 0.500. The van der Waals surface area contributed by atoms with Crippen LogP contribution in [-0.4, -0.2) is 40.5 Å². The quantitative estimate of drug-likeness (QED) is 0.358. The van der Waals surface area contributed by atoms with Gasteiger partial charge in [-0.25, -0.2) is 4.68 Å². The van der Waals surface area contributed by atoms with Crippen molar-refractivity contribution in [2.75, 3.05) is 19.0 Å². The first-order chi connectivity index (χ1) is 17.6. The van der Waals surface area contributed by atoms with E-state index < -0.39 is 12.7 Å². The molecule has 1 heterocycles. The number of alkyl halides is 2. The molecule has 2 fully saturated rings. The summed E-state index contributed by atoms with van der Waals surface area (Å²) in [7, 11) is 1.62. The van der Waals surface area contributed by atoms with Crippen LogP contribution >= 0.6 is 0 Å². The van der Waals surface area contributed by atoms with E-state index in [9.17, 15) is 8.78 Å². The predicted octanol–water partition coefficient (Wildman–Crippen LogP) is 5.78. The summed E-state index contributed by atoms with van der Waals surface area (Å²) in [6.07, 6.45) is 7.70. The maximum atomic E-state index is 13.1. The van der Waals surface area contributed by atoms with Crippen LogP contribution in [0.25, 0.3) is 0 Å². The molecule has 8 nitrogen and oxygen atoms in total. The average Bonchev–Trinajstić information content (AvgIpc) is 3.61. The Kier molecular flexibility index (Phi) is 7.48. The first-order valence-electron chi connectivity index (χ1n) is 12.5. The SMILES string of the molecule is COc1ccc(NC(c2ccc(OC(F)F)c(OCC3CC3)c2)c2nnnn2C2CCCCC2)cc1. The van der Waals surface area contributed by atoms with Gasteiger partial charge in [-0.1, -0.05) is 25.3 Å². The second kappa shape index (κ2) is 11.1. The van der Waals surface area contributed by atoms with Crippen LogP contribution in [0, 0.1) is 5.92 Å². The summed E-state index contributed by atoms with van der Waals surface area (Å²) in [6, 6.07) is 12.4. The van der Waals surface area contributed by atoms with Crippen molar-refractivity contribution in [1.82, 2.24) is 20.2 Å². The molecule has 1 atom stereocenters. The second-order valence-electron chi connectivity index (χ2n) is 9.42. The Morgan fingerprint density at radius 2 is 1.78 bits per heavy atom. The number of tetrazole rings is 1. The third kappa shape index (κ3) is 5.85. The minimum Gasteiger partial charge on any atom is -0.497 e. The van der Waals surface area contributed by atoms with Gasteiger partial charge in [-0.3, -0.25) is 0 Å². The van der Waals surface area contributed by atoms with Crippen molar-refractivity contribution in [3.8, 4) is 17.2 Å². The van der Waals surface area contributed by atoms with Crippen LogP contribution < -0.4 is 19.5 Å². The molecule has 5 rings (SSSR count). The number of hydrogen-bond donors (Lipinski definition) is 1. The molecule has 10 heteroatoms. The third-order valence-corrected chi connectivity index (χ3v) is 6.79. The number of nitrogens with one attached hydrogen (secondary N) is 1. The summed E-state index contributed by atoms with van der Waals surface area (Å²) in [4.78, 5) is 0. The van der Waals surface area contributed by atoms with Crippen LogP contribution in [0.3, 0.4) is 0 Å². The largest absolute Gasteiger partial charge is 0.497 e. The zero-order valence-electron chi connectivity index (χ0n) is 20.3. The number of anilines is 1. The van der Waals surface area contributed by atoms with Gasteiger partial charge in [0.25, 0.3) is 0 Å². The topological polar surface area (TPSA) is 83.3 Å². The second-order valence-corrected chi connectivity index (χ2v) is 9.42. The molecule has 192 valence electrons. The smallest absolute Gasteiger partial charge is 0.387 e. The van der Waals surface area contributed by atoms with E-state index >= 15 is 0 Å². The fourth-order valence-electron chi connectivity index (χ4n) is 4.63. The highest BCUT2D eigenvalue weighted by Crippen LogP contribution is 2.38. The van der Waals surface area contributed by atoms with E-state index in [1.807, 2.05) is 28.9 Å². The standard InChI is InChI=1S/C26H31F2N5O3/c1-34-21-12-10-19(11-13-21)29-24(25-30-31-32-33(25)20-5-3-2-4-6-20)18-9-14-22(36-26(27)28)23(15-18)35-16-17-7-8-17/h9-15,17,20,24,26,29H,2-8,16H2,1H3. The highest BCUT2D eigenvalue weighted by molar-refractivity contribution is 5.52. The maximum absolute atomic E-state index is 13.1. The average molecular weight is 500 g/mol. The highest BCUT2D eigenvalue weighted by Gasteiger charge is 2.28. The Morgan fingerprint density at radius 1 is 1.00 bits per heavy atom. The van der Waals surface area contributed by atoms with Crippen molar-refractivity contribution in [2.24, 2.45) is 5.92 Å². The molecule has 0 bridgehead atoms. The van der Waals surface area contributed by atoms with Gasteiger partial charge in [0.1, 0.15) is 11.8 Å². The molecule has 0 amide bonds. The Balaban J connectivity index is 1.51. The molecule has 0 saturated heterocycles. The van der Waals surface area contributed by atoms with Crippen LogP contribution in [0.5, 0.6) is 17.2 Å². The summed E-state index contributed by atoms with van der Waals surface area (Å²) in [6.45, 7) is -2.47. The van der Waals surface area contributed by atoms with Gasteiger partial charge in [0, 0.05) is 5.69 Å². The summed E-state index contributed by atoms with van der Waals surface area (Å²) in [5.74, 6) is 2.17.